The molecule has 19 heavy (non-hydrogen) atoms. The maximum Gasteiger partial charge on any atom is 0.251 e. The first kappa shape index (κ1) is 14.1. The third kappa shape index (κ3) is 3.37. The third-order valence-electron chi connectivity index (χ3n) is 3.31. The van der Waals surface area contributed by atoms with E-state index in [9.17, 15) is 9.90 Å². The van der Waals surface area contributed by atoms with E-state index in [1.165, 1.54) is 0 Å². The first-order chi connectivity index (χ1) is 9.04. The highest BCUT2D eigenvalue weighted by molar-refractivity contribution is 6.31. The molecule has 1 aliphatic rings. The van der Waals surface area contributed by atoms with Crippen molar-refractivity contribution in [1.29, 1.82) is 0 Å². The highest BCUT2D eigenvalue weighted by Gasteiger charge is 2.33. The maximum atomic E-state index is 12.2. The fraction of sp³-hybridized carbons (Fsp3) is 0.462. The molecule has 0 radical (unpaired) electrons. The van der Waals surface area contributed by atoms with Crippen LogP contribution in [0.25, 0.3) is 0 Å². The topological polar surface area (TPSA) is 84.6 Å². The van der Waals surface area contributed by atoms with Crippen LogP contribution in [0.1, 0.15) is 23.2 Å². The summed E-state index contributed by atoms with van der Waals surface area (Å²) >= 11 is 5.88. The van der Waals surface area contributed by atoms with Crippen LogP contribution in [0, 0.1) is 0 Å². The van der Waals surface area contributed by atoms with Crippen molar-refractivity contribution in [2.24, 2.45) is 0 Å². The standard InChI is InChI=1S/C13H17ClN2O3/c14-10-5-9(6-11(15)7-10)12(18)16-13(8-17)1-3-19-4-2-13/h5-7,17H,1-4,8,15H2,(H,16,18). The van der Waals surface area contributed by atoms with E-state index < -0.39 is 5.54 Å². The second-order valence-corrected chi connectivity index (χ2v) is 5.21. The molecule has 0 saturated carbocycles. The third-order valence-corrected chi connectivity index (χ3v) is 3.53. The van der Waals surface area contributed by atoms with Crippen LogP contribution in [0.5, 0.6) is 0 Å². The highest BCUT2D eigenvalue weighted by atomic mass is 35.5. The molecule has 1 amide bonds. The molecule has 1 saturated heterocycles. The van der Waals surface area contributed by atoms with Crippen molar-refractivity contribution >= 4 is 23.2 Å². The van der Waals surface area contributed by atoms with Gasteiger partial charge in [0.05, 0.1) is 12.1 Å². The lowest BCUT2D eigenvalue weighted by Gasteiger charge is -2.36. The molecule has 104 valence electrons. The normalized spacial score (nSPS) is 18.0. The van der Waals surface area contributed by atoms with Gasteiger partial charge in [0.2, 0.25) is 0 Å². The Balaban J connectivity index is 2.15. The Bertz CT molecular complexity index is 453. The van der Waals surface area contributed by atoms with Gasteiger partial charge in [-0.2, -0.15) is 0 Å². The van der Waals surface area contributed by atoms with E-state index in [1.807, 2.05) is 0 Å². The van der Waals surface area contributed by atoms with Gasteiger partial charge in [-0.1, -0.05) is 11.6 Å². The van der Waals surface area contributed by atoms with E-state index in [0.29, 0.717) is 42.3 Å². The molecule has 6 heteroatoms. The number of carbonyl (C=O) groups is 1. The number of benzene rings is 1. The van der Waals surface area contributed by atoms with Gasteiger partial charge in [-0.25, -0.2) is 0 Å². The van der Waals surface area contributed by atoms with E-state index in [0.717, 1.165) is 0 Å². The number of hydrogen-bond acceptors (Lipinski definition) is 4. The summed E-state index contributed by atoms with van der Waals surface area (Å²) in [7, 11) is 0. The van der Waals surface area contributed by atoms with E-state index in [4.69, 9.17) is 22.1 Å². The van der Waals surface area contributed by atoms with Crippen molar-refractivity contribution in [3.8, 4) is 0 Å². The lowest BCUT2D eigenvalue weighted by atomic mass is 9.90. The summed E-state index contributed by atoms with van der Waals surface area (Å²) in [5.74, 6) is -0.287. The average Bonchev–Trinajstić information content (AvgIpc) is 2.38. The van der Waals surface area contributed by atoms with Gasteiger partial charge in [0, 0.05) is 29.5 Å². The van der Waals surface area contributed by atoms with Crippen molar-refractivity contribution in [2.75, 3.05) is 25.6 Å². The quantitative estimate of drug-likeness (QED) is 0.728. The van der Waals surface area contributed by atoms with Gasteiger partial charge in [-0.15, -0.1) is 0 Å². The van der Waals surface area contributed by atoms with E-state index in [2.05, 4.69) is 5.32 Å². The minimum Gasteiger partial charge on any atom is -0.399 e. The van der Waals surface area contributed by atoms with Gasteiger partial charge in [-0.3, -0.25) is 4.79 Å². The van der Waals surface area contributed by atoms with Gasteiger partial charge in [0.15, 0.2) is 0 Å². The predicted molar refractivity (Wildman–Crippen MR) is 73.2 cm³/mol. The molecular weight excluding hydrogens is 268 g/mol. The highest BCUT2D eigenvalue weighted by Crippen LogP contribution is 2.22. The molecular formula is C13H17ClN2O3. The van der Waals surface area contributed by atoms with Crippen LogP contribution in [0.4, 0.5) is 5.69 Å². The number of halogens is 1. The number of nitrogen functional groups attached to an aromatic ring is 1. The summed E-state index contributed by atoms with van der Waals surface area (Å²) in [6.07, 6.45) is 1.18. The Hall–Kier alpha value is -1.30. The molecule has 0 aliphatic carbocycles. The average molecular weight is 285 g/mol. The van der Waals surface area contributed by atoms with Crippen molar-refractivity contribution in [3.63, 3.8) is 0 Å². The molecule has 2 rings (SSSR count). The molecule has 1 heterocycles. The smallest absolute Gasteiger partial charge is 0.251 e. The molecule has 0 bridgehead atoms. The van der Waals surface area contributed by atoms with E-state index in [-0.39, 0.29) is 12.5 Å². The Kier molecular flexibility index (Phi) is 4.29. The lowest BCUT2D eigenvalue weighted by molar-refractivity contribution is 0.0125. The molecule has 5 nitrogen and oxygen atoms in total. The van der Waals surface area contributed by atoms with Crippen LogP contribution in [0.3, 0.4) is 0 Å². The minimum absolute atomic E-state index is 0.113. The fourth-order valence-corrected chi connectivity index (χ4v) is 2.38. The number of carbonyl (C=O) groups excluding carboxylic acids is 1. The van der Waals surface area contributed by atoms with E-state index >= 15 is 0 Å². The Labute approximate surface area is 116 Å². The fourth-order valence-electron chi connectivity index (χ4n) is 2.14. The summed E-state index contributed by atoms with van der Waals surface area (Å²) in [6.45, 7) is 0.940. The number of anilines is 1. The number of rotatable bonds is 3. The summed E-state index contributed by atoms with van der Waals surface area (Å²) in [6, 6.07) is 4.69. The summed E-state index contributed by atoms with van der Waals surface area (Å²) in [5, 5.41) is 12.8. The van der Waals surface area contributed by atoms with Gasteiger partial charge in [0.1, 0.15) is 0 Å². The van der Waals surface area contributed by atoms with Gasteiger partial charge >= 0.3 is 0 Å². The van der Waals surface area contributed by atoms with Gasteiger partial charge in [0.25, 0.3) is 5.91 Å². The number of amides is 1. The largest absolute Gasteiger partial charge is 0.399 e. The van der Waals surface area contributed by atoms with Crippen LogP contribution < -0.4 is 11.1 Å². The van der Waals surface area contributed by atoms with Crippen molar-refractivity contribution in [3.05, 3.63) is 28.8 Å². The number of nitrogens with one attached hydrogen (secondary N) is 1. The van der Waals surface area contributed by atoms with Crippen LogP contribution in [-0.2, 0) is 4.74 Å². The Morgan fingerprint density at radius 1 is 1.42 bits per heavy atom. The van der Waals surface area contributed by atoms with Crippen molar-refractivity contribution < 1.29 is 14.6 Å². The maximum absolute atomic E-state index is 12.2. The van der Waals surface area contributed by atoms with Crippen molar-refractivity contribution in [1.82, 2.24) is 5.32 Å². The van der Waals surface area contributed by atoms with Crippen molar-refractivity contribution in [2.45, 2.75) is 18.4 Å². The Morgan fingerprint density at radius 2 is 2.11 bits per heavy atom. The molecule has 1 aromatic rings. The summed E-state index contributed by atoms with van der Waals surface area (Å²) in [5.41, 5.74) is 5.87. The number of aliphatic hydroxyl groups excluding tert-OH is 1. The van der Waals surface area contributed by atoms with Gasteiger partial charge < -0.3 is 20.9 Å². The molecule has 0 atom stereocenters. The number of hydrogen-bond donors (Lipinski definition) is 3. The van der Waals surface area contributed by atoms with Gasteiger partial charge in [-0.05, 0) is 31.0 Å². The number of aliphatic hydroxyl groups is 1. The van der Waals surface area contributed by atoms with Crippen LogP contribution in [-0.4, -0.2) is 36.4 Å². The SMILES string of the molecule is Nc1cc(Cl)cc(C(=O)NC2(CO)CCOCC2)c1. The Morgan fingerprint density at radius 3 is 2.68 bits per heavy atom. The molecule has 0 spiro atoms. The second kappa shape index (κ2) is 5.77. The number of nitrogens with two attached hydrogens (primary N) is 1. The lowest BCUT2D eigenvalue weighted by Crippen LogP contribution is -2.54. The molecule has 1 aromatic carbocycles. The molecule has 0 unspecified atom stereocenters. The monoisotopic (exact) mass is 284 g/mol. The first-order valence-corrected chi connectivity index (χ1v) is 6.50. The zero-order valence-corrected chi connectivity index (χ0v) is 11.2. The molecule has 0 aromatic heterocycles. The molecule has 1 fully saturated rings. The zero-order valence-electron chi connectivity index (χ0n) is 10.5. The van der Waals surface area contributed by atoms with E-state index in [1.54, 1.807) is 18.2 Å². The van der Waals surface area contributed by atoms with Crippen LogP contribution >= 0.6 is 11.6 Å². The van der Waals surface area contributed by atoms with Crippen LogP contribution in [0.15, 0.2) is 18.2 Å². The number of ether oxygens (including phenoxy) is 1. The molecule has 1 aliphatic heterocycles. The first-order valence-electron chi connectivity index (χ1n) is 6.12. The minimum atomic E-state index is -0.619. The molecule has 4 N–H and O–H groups in total. The summed E-state index contributed by atoms with van der Waals surface area (Å²) in [4.78, 5) is 12.2. The summed E-state index contributed by atoms with van der Waals surface area (Å²) < 4.78 is 5.25. The predicted octanol–water partition coefficient (Wildman–Crippen LogP) is 1.19. The van der Waals surface area contributed by atoms with Crippen LogP contribution in [0.2, 0.25) is 5.02 Å². The zero-order chi connectivity index (χ0) is 13.9. The second-order valence-electron chi connectivity index (χ2n) is 4.78.